The van der Waals surface area contributed by atoms with Crippen LogP contribution in [0, 0.1) is 5.41 Å². The van der Waals surface area contributed by atoms with E-state index in [1.54, 1.807) is 0 Å². The van der Waals surface area contributed by atoms with Crippen LogP contribution in [0.5, 0.6) is 0 Å². The summed E-state index contributed by atoms with van der Waals surface area (Å²) in [5, 5.41) is 0. The zero-order valence-electron chi connectivity index (χ0n) is 8.13. The Morgan fingerprint density at radius 3 is 2.50 bits per heavy atom. The van der Waals surface area contributed by atoms with Crippen molar-refractivity contribution >= 4 is 5.91 Å². The number of amides is 1. The smallest absolute Gasteiger partial charge is 0.224 e. The summed E-state index contributed by atoms with van der Waals surface area (Å²) in [6, 6.07) is 0.0554. The van der Waals surface area contributed by atoms with Gasteiger partial charge in [-0.2, -0.15) is 0 Å². The first-order chi connectivity index (χ1) is 5.38. The minimum atomic E-state index is 0.0554. The van der Waals surface area contributed by atoms with E-state index in [1.165, 1.54) is 0 Å². The lowest BCUT2D eigenvalue weighted by Gasteiger charge is -2.26. The van der Waals surface area contributed by atoms with Gasteiger partial charge in [0, 0.05) is 25.6 Å². The van der Waals surface area contributed by atoms with E-state index in [2.05, 4.69) is 20.8 Å². The van der Waals surface area contributed by atoms with Crippen molar-refractivity contribution in [2.75, 3.05) is 13.1 Å². The van der Waals surface area contributed by atoms with E-state index in [9.17, 15) is 4.79 Å². The highest BCUT2D eigenvalue weighted by molar-refractivity contribution is 5.79. The van der Waals surface area contributed by atoms with Crippen molar-refractivity contribution in [1.82, 2.24) is 4.90 Å². The van der Waals surface area contributed by atoms with E-state index in [4.69, 9.17) is 5.73 Å². The highest BCUT2D eigenvalue weighted by atomic mass is 16.2. The first kappa shape index (κ1) is 9.52. The predicted molar refractivity (Wildman–Crippen MR) is 48.6 cm³/mol. The van der Waals surface area contributed by atoms with Gasteiger partial charge >= 0.3 is 0 Å². The largest absolute Gasteiger partial charge is 0.341 e. The lowest BCUT2D eigenvalue weighted by molar-refractivity contribution is -0.128. The monoisotopic (exact) mass is 170 g/mol. The van der Waals surface area contributed by atoms with Crippen LogP contribution in [0.4, 0.5) is 0 Å². The third-order valence-corrected chi connectivity index (χ3v) is 1.91. The van der Waals surface area contributed by atoms with Crippen LogP contribution in [0.25, 0.3) is 0 Å². The molecule has 1 fully saturated rings. The van der Waals surface area contributed by atoms with E-state index in [1.807, 2.05) is 4.90 Å². The van der Waals surface area contributed by atoms with Gasteiger partial charge in [0.05, 0.1) is 0 Å². The predicted octanol–water partition coefficient (Wildman–Crippen LogP) is 0.592. The number of carbonyl (C=O) groups excluding carboxylic acids is 1. The maximum absolute atomic E-state index is 11.3. The molecule has 1 saturated heterocycles. The van der Waals surface area contributed by atoms with Gasteiger partial charge in [0.2, 0.25) is 5.91 Å². The molecule has 3 heteroatoms. The molecule has 12 heavy (non-hydrogen) atoms. The summed E-state index contributed by atoms with van der Waals surface area (Å²) in [4.78, 5) is 13.2. The van der Waals surface area contributed by atoms with Gasteiger partial charge in [-0.15, -0.1) is 0 Å². The van der Waals surface area contributed by atoms with Crippen molar-refractivity contribution in [3.8, 4) is 0 Å². The molecule has 1 atom stereocenters. The number of hydrogen-bond donors (Lipinski definition) is 1. The maximum atomic E-state index is 11.3. The van der Waals surface area contributed by atoms with Gasteiger partial charge in [-0.1, -0.05) is 20.8 Å². The first-order valence-electron chi connectivity index (χ1n) is 4.42. The van der Waals surface area contributed by atoms with E-state index in [0.717, 1.165) is 13.1 Å². The van der Waals surface area contributed by atoms with Crippen molar-refractivity contribution < 1.29 is 4.79 Å². The van der Waals surface area contributed by atoms with Crippen LogP contribution >= 0.6 is 0 Å². The lowest BCUT2D eigenvalue weighted by Crippen LogP contribution is -2.35. The Kier molecular flexibility index (Phi) is 2.42. The van der Waals surface area contributed by atoms with Crippen molar-refractivity contribution in [3.63, 3.8) is 0 Å². The molecule has 2 N–H and O–H groups in total. The zero-order chi connectivity index (χ0) is 9.35. The molecular formula is C9H18N2O. The summed E-state index contributed by atoms with van der Waals surface area (Å²) in [6.07, 6.45) is 0.524. The van der Waals surface area contributed by atoms with E-state index in [0.29, 0.717) is 6.42 Å². The second-order valence-electron chi connectivity index (χ2n) is 4.80. The minimum absolute atomic E-state index is 0.0554. The summed E-state index contributed by atoms with van der Waals surface area (Å²) < 4.78 is 0. The summed E-state index contributed by atoms with van der Waals surface area (Å²) in [5.74, 6) is 0.206. The second kappa shape index (κ2) is 3.05. The van der Waals surface area contributed by atoms with Crippen LogP contribution < -0.4 is 5.73 Å². The molecular weight excluding hydrogens is 152 g/mol. The van der Waals surface area contributed by atoms with Crippen molar-refractivity contribution in [2.24, 2.45) is 11.1 Å². The standard InChI is InChI=1S/C9H18N2O/c1-9(2,3)6-11-5-7(10)4-8(11)12/h7H,4-6,10H2,1-3H3/t7-/m0/s1. The van der Waals surface area contributed by atoms with Crippen LogP contribution in [-0.4, -0.2) is 29.9 Å². The fourth-order valence-corrected chi connectivity index (χ4v) is 1.53. The van der Waals surface area contributed by atoms with Gasteiger partial charge in [-0.05, 0) is 5.41 Å². The van der Waals surface area contributed by atoms with Gasteiger partial charge in [-0.3, -0.25) is 4.79 Å². The second-order valence-corrected chi connectivity index (χ2v) is 4.80. The first-order valence-corrected chi connectivity index (χ1v) is 4.42. The molecule has 0 bridgehead atoms. The van der Waals surface area contributed by atoms with Gasteiger partial charge < -0.3 is 10.6 Å². The molecule has 3 nitrogen and oxygen atoms in total. The third-order valence-electron chi connectivity index (χ3n) is 1.91. The fraction of sp³-hybridized carbons (Fsp3) is 0.889. The van der Waals surface area contributed by atoms with Gasteiger partial charge in [0.15, 0.2) is 0 Å². The Morgan fingerprint density at radius 2 is 2.17 bits per heavy atom. The molecule has 1 aliphatic heterocycles. The minimum Gasteiger partial charge on any atom is -0.341 e. The highest BCUT2D eigenvalue weighted by Crippen LogP contribution is 2.19. The molecule has 0 aromatic heterocycles. The summed E-state index contributed by atoms with van der Waals surface area (Å²) in [6.45, 7) is 7.94. The van der Waals surface area contributed by atoms with Crippen molar-refractivity contribution in [2.45, 2.75) is 33.2 Å². The van der Waals surface area contributed by atoms with Crippen LogP contribution in [-0.2, 0) is 4.79 Å². The number of likely N-dealkylation sites (tertiary alicyclic amines) is 1. The molecule has 1 rings (SSSR count). The van der Waals surface area contributed by atoms with Gasteiger partial charge in [0.25, 0.3) is 0 Å². The molecule has 0 saturated carbocycles. The Morgan fingerprint density at radius 1 is 1.58 bits per heavy atom. The van der Waals surface area contributed by atoms with Crippen LogP contribution in [0.2, 0.25) is 0 Å². The molecule has 1 amide bonds. The molecule has 1 aliphatic rings. The molecule has 1 heterocycles. The summed E-state index contributed by atoms with van der Waals surface area (Å²) >= 11 is 0. The van der Waals surface area contributed by atoms with Crippen LogP contribution in [0.1, 0.15) is 27.2 Å². The number of hydrogen-bond acceptors (Lipinski definition) is 2. The molecule has 0 unspecified atom stereocenters. The number of nitrogens with two attached hydrogens (primary N) is 1. The van der Waals surface area contributed by atoms with E-state index >= 15 is 0 Å². The molecule has 0 spiro atoms. The van der Waals surface area contributed by atoms with E-state index < -0.39 is 0 Å². The fourth-order valence-electron chi connectivity index (χ4n) is 1.53. The average Bonchev–Trinajstić information content (AvgIpc) is 2.06. The third kappa shape index (κ3) is 2.48. The molecule has 70 valence electrons. The average molecular weight is 170 g/mol. The zero-order valence-corrected chi connectivity index (χ0v) is 8.13. The quantitative estimate of drug-likeness (QED) is 0.626. The van der Waals surface area contributed by atoms with Gasteiger partial charge in [0.1, 0.15) is 0 Å². The van der Waals surface area contributed by atoms with Crippen LogP contribution in [0.15, 0.2) is 0 Å². The maximum Gasteiger partial charge on any atom is 0.224 e. The molecule has 0 aliphatic carbocycles. The van der Waals surface area contributed by atoms with Crippen molar-refractivity contribution in [3.05, 3.63) is 0 Å². The topological polar surface area (TPSA) is 46.3 Å². The molecule has 0 aromatic carbocycles. The van der Waals surface area contributed by atoms with Crippen LogP contribution in [0.3, 0.4) is 0 Å². The molecule has 0 aromatic rings. The Bertz CT molecular complexity index is 183. The Hall–Kier alpha value is -0.570. The number of rotatable bonds is 1. The summed E-state index contributed by atoms with van der Waals surface area (Å²) in [7, 11) is 0. The van der Waals surface area contributed by atoms with Gasteiger partial charge in [-0.25, -0.2) is 0 Å². The normalized spacial score (nSPS) is 25.2. The van der Waals surface area contributed by atoms with Crippen molar-refractivity contribution in [1.29, 1.82) is 0 Å². The number of nitrogens with zero attached hydrogens (tertiary/aromatic N) is 1. The molecule has 0 radical (unpaired) electrons. The van der Waals surface area contributed by atoms with E-state index in [-0.39, 0.29) is 17.4 Å². The number of carbonyl (C=O) groups is 1. The SMILES string of the molecule is CC(C)(C)CN1C[C@@H](N)CC1=O. The lowest BCUT2D eigenvalue weighted by atomic mass is 9.96. The Labute approximate surface area is 73.9 Å². The highest BCUT2D eigenvalue weighted by Gasteiger charge is 2.29. The Balaban J connectivity index is 2.49. The summed E-state index contributed by atoms with van der Waals surface area (Å²) in [5.41, 5.74) is 5.85.